The number of fused-ring (bicyclic) bond motifs is 1. The van der Waals surface area contributed by atoms with Crippen molar-refractivity contribution in [3.8, 4) is 23.0 Å². The highest BCUT2D eigenvalue weighted by molar-refractivity contribution is 7.89. The zero-order valence-electron chi connectivity index (χ0n) is 23.3. The van der Waals surface area contributed by atoms with Crippen molar-refractivity contribution in [1.29, 1.82) is 0 Å². The molecule has 3 aromatic rings. The van der Waals surface area contributed by atoms with E-state index in [1.165, 1.54) is 39.9 Å². The summed E-state index contributed by atoms with van der Waals surface area (Å²) in [6.07, 6.45) is 1.68. The number of hydrogen-bond acceptors (Lipinski definition) is 9. The van der Waals surface area contributed by atoms with Crippen molar-refractivity contribution in [1.82, 2.24) is 9.21 Å². The van der Waals surface area contributed by atoms with Gasteiger partial charge in [0.15, 0.2) is 17.2 Å². The molecule has 220 valence electrons. The lowest BCUT2D eigenvalue weighted by atomic mass is 10.00. The zero-order valence-corrected chi connectivity index (χ0v) is 24.2. The molecule has 5 rings (SSSR count). The Labute approximate surface area is 239 Å². The number of phenols is 1. The molecule has 0 bridgehead atoms. The van der Waals surface area contributed by atoms with E-state index in [0.717, 1.165) is 5.56 Å². The standard InChI is InChI=1S/C29H34N2O9S/c1-19(2)15-30(41(34,35)23-9-10-25-26(14-23)38-18-37-25)16-27-24(13-20-5-7-21(32)8-6-20)31(29(3,4)40-27)28(33)39-22-11-12-36-17-22/h5-12,14,17,19,24,27,32H,13,15-16,18H2,1-4H3/t24-,27+/m0/s1. The van der Waals surface area contributed by atoms with Crippen molar-refractivity contribution in [2.45, 2.75) is 56.9 Å². The number of aromatic hydroxyl groups is 1. The van der Waals surface area contributed by atoms with Gasteiger partial charge in [0, 0.05) is 25.2 Å². The summed E-state index contributed by atoms with van der Waals surface area (Å²) >= 11 is 0. The van der Waals surface area contributed by atoms with Gasteiger partial charge in [-0.15, -0.1) is 0 Å². The number of furan rings is 1. The number of hydrogen-bond donors (Lipinski definition) is 1. The Balaban J connectivity index is 1.48. The Bertz CT molecular complexity index is 1470. The van der Waals surface area contributed by atoms with Crippen LogP contribution in [0.5, 0.6) is 23.0 Å². The molecule has 0 aliphatic carbocycles. The highest BCUT2D eigenvalue weighted by Gasteiger charge is 2.52. The molecule has 2 aromatic carbocycles. The van der Waals surface area contributed by atoms with Gasteiger partial charge in [-0.25, -0.2) is 13.2 Å². The van der Waals surface area contributed by atoms with E-state index in [9.17, 15) is 18.3 Å². The minimum atomic E-state index is -3.99. The quantitative estimate of drug-likeness (QED) is 0.382. The molecule has 1 amide bonds. The molecule has 1 saturated heterocycles. The van der Waals surface area contributed by atoms with E-state index in [4.69, 9.17) is 23.4 Å². The molecule has 0 spiro atoms. The fourth-order valence-corrected chi connectivity index (χ4v) is 6.84. The first-order chi connectivity index (χ1) is 19.4. The van der Waals surface area contributed by atoms with Gasteiger partial charge in [-0.3, -0.25) is 4.90 Å². The first-order valence-electron chi connectivity index (χ1n) is 13.3. The van der Waals surface area contributed by atoms with Gasteiger partial charge in [-0.1, -0.05) is 26.0 Å². The Morgan fingerprint density at radius 3 is 2.54 bits per heavy atom. The predicted octanol–water partition coefficient (Wildman–Crippen LogP) is 4.61. The molecule has 11 nitrogen and oxygen atoms in total. The SMILES string of the molecule is CC(C)CN(C[C@H]1OC(C)(C)N(C(=O)Oc2ccoc2)[C@H]1Cc1ccc(O)cc1)S(=O)(=O)c1ccc2c(c1)OCO2. The molecular formula is C29H34N2O9S. The van der Waals surface area contributed by atoms with Gasteiger partial charge in [0.25, 0.3) is 0 Å². The van der Waals surface area contributed by atoms with Crippen LogP contribution in [0.3, 0.4) is 0 Å². The van der Waals surface area contributed by atoms with Crippen molar-refractivity contribution >= 4 is 16.1 Å². The molecule has 2 aliphatic heterocycles. The normalized spacial score (nSPS) is 19.7. The molecule has 1 fully saturated rings. The molecule has 1 N–H and O–H groups in total. The summed E-state index contributed by atoms with van der Waals surface area (Å²) in [6.45, 7) is 7.59. The summed E-state index contributed by atoms with van der Waals surface area (Å²) in [5.41, 5.74) is -0.298. The fraction of sp³-hybridized carbons (Fsp3) is 0.414. The van der Waals surface area contributed by atoms with Crippen LogP contribution in [-0.4, -0.2) is 66.6 Å². The highest BCUT2D eigenvalue weighted by Crippen LogP contribution is 2.38. The summed E-state index contributed by atoms with van der Waals surface area (Å²) in [7, 11) is -3.99. The average molecular weight is 587 g/mol. The second-order valence-corrected chi connectivity index (χ2v) is 12.9. The van der Waals surface area contributed by atoms with E-state index in [1.807, 2.05) is 13.8 Å². The van der Waals surface area contributed by atoms with Gasteiger partial charge in [-0.2, -0.15) is 4.31 Å². The molecule has 0 saturated carbocycles. The lowest BCUT2D eigenvalue weighted by Crippen LogP contribution is -2.51. The van der Waals surface area contributed by atoms with E-state index in [1.54, 1.807) is 44.2 Å². The minimum absolute atomic E-state index is 0.00547. The van der Waals surface area contributed by atoms with Crippen molar-refractivity contribution in [3.05, 3.63) is 66.6 Å². The molecular weight excluding hydrogens is 552 g/mol. The molecule has 12 heteroatoms. The molecule has 3 heterocycles. The Hall–Kier alpha value is -3.74. The fourth-order valence-electron chi connectivity index (χ4n) is 5.21. The predicted molar refractivity (Wildman–Crippen MR) is 147 cm³/mol. The van der Waals surface area contributed by atoms with Crippen LogP contribution < -0.4 is 14.2 Å². The number of benzene rings is 2. The number of sulfonamides is 1. The maximum absolute atomic E-state index is 14.0. The minimum Gasteiger partial charge on any atom is -0.508 e. The highest BCUT2D eigenvalue weighted by atomic mass is 32.2. The number of nitrogens with zero attached hydrogens (tertiary/aromatic N) is 2. The first kappa shape index (κ1) is 28.8. The van der Waals surface area contributed by atoms with Crippen LogP contribution in [-0.2, 0) is 21.2 Å². The van der Waals surface area contributed by atoms with Crippen molar-refractivity contribution in [3.63, 3.8) is 0 Å². The maximum atomic E-state index is 14.0. The Kier molecular flexibility index (Phi) is 7.91. The number of phenolic OH excluding ortho intramolecular Hbond substituents is 1. The van der Waals surface area contributed by atoms with E-state index in [-0.39, 0.29) is 42.2 Å². The summed E-state index contributed by atoms with van der Waals surface area (Å²) in [6, 6.07) is 12.1. The third kappa shape index (κ3) is 6.14. The van der Waals surface area contributed by atoms with Gasteiger partial charge in [-0.05, 0) is 56.0 Å². The van der Waals surface area contributed by atoms with Crippen LogP contribution in [0.15, 0.2) is 70.4 Å². The molecule has 0 unspecified atom stereocenters. The lowest BCUT2D eigenvalue weighted by molar-refractivity contribution is -0.0681. The third-order valence-corrected chi connectivity index (χ3v) is 8.82. The van der Waals surface area contributed by atoms with Gasteiger partial charge >= 0.3 is 6.09 Å². The Morgan fingerprint density at radius 1 is 1.12 bits per heavy atom. The monoisotopic (exact) mass is 586 g/mol. The van der Waals surface area contributed by atoms with Crippen LogP contribution in [0.4, 0.5) is 4.79 Å². The second-order valence-electron chi connectivity index (χ2n) is 11.0. The van der Waals surface area contributed by atoms with Gasteiger partial charge < -0.3 is 28.5 Å². The summed E-state index contributed by atoms with van der Waals surface area (Å²) in [4.78, 5) is 15.1. The van der Waals surface area contributed by atoms with Crippen molar-refractivity contribution in [2.75, 3.05) is 19.9 Å². The van der Waals surface area contributed by atoms with Crippen LogP contribution in [0.25, 0.3) is 0 Å². The maximum Gasteiger partial charge on any atom is 0.417 e. The number of carbonyl (C=O) groups excluding carboxylic acids is 1. The van der Waals surface area contributed by atoms with E-state index >= 15 is 0 Å². The van der Waals surface area contributed by atoms with Crippen molar-refractivity contribution in [2.24, 2.45) is 5.92 Å². The van der Waals surface area contributed by atoms with Crippen LogP contribution in [0.2, 0.25) is 0 Å². The second kappa shape index (κ2) is 11.3. The van der Waals surface area contributed by atoms with Crippen LogP contribution >= 0.6 is 0 Å². The van der Waals surface area contributed by atoms with Gasteiger partial charge in [0.1, 0.15) is 17.7 Å². The molecule has 0 radical (unpaired) electrons. The summed E-state index contributed by atoms with van der Waals surface area (Å²) in [5, 5.41) is 9.79. The lowest BCUT2D eigenvalue weighted by Gasteiger charge is -2.33. The summed E-state index contributed by atoms with van der Waals surface area (Å²) in [5.74, 6) is 1.21. The number of rotatable bonds is 9. The van der Waals surface area contributed by atoms with E-state index < -0.39 is 34.0 Å². The van der Waals surface area contributed by atoms with E-state index in [2.05, 4.69) is 0 Å². The molecule has 1 aromatic heterocycles. The van der Waals surface area contributed by atoms with Gasteiger partial charge in [0.2, 0.25) is 16.8 Å². The number of carbonyl (C=O) groups is 1. The molecule has 2 atom stereocenters. The average Bonchev–Trinajstić information content (AvgIpc) is 3.64. The van der Waals surface area contributed by atoms with Crippen LogP contribution in [0.1, 0.15) is 33.3 Å². The molecule has 41 heavy (non-hydrogen) atoms. The number of ether oxygens (including phenoxy) is 4. The zero-order chi connectivity index (χ0) is 29.4. The smallest absolute Gasteiger partial charge is 0.417 e. The number of amides is 1. The largest absolute Gasteiger partial charge is 0.508 e. The van der Waals surface area contributed by atoms with Crippen molar-refractivity contribution < 1.29 is 41.7 Å². The van der Waals surface area contributed by atoms with Gasteiger partial charge in [0.05, 0.1) is 23.3 Å². The first-order valence-corrected chi connectivity index (χ1v) is 14.8. The van der Waals surface area contributed by atoms with Crippen LogP contribution in [0, 0.1) is 5.92 Å². The Morgan fingerprint density at radius 2 is 1.85 bits per heavy atom. The summed E-state index contributed by atoms with van der Waals surface area (Å²) < 4.78 is 57.2. The third-order valence-electron chi connectivity index (χ3n) is 6.99. The van der Waals surface area contributed by atoms with E-state index in [0.29, 0.717) is 17.9 Å². The molecule has 2 aliphatic rings. The topological polar surface area (TPSA) is 128 Å².